The van der Waals surface area contributed by atoms with E-state index in [-0.39, 0.29) is 11.5 Å². The number of nitro benzene ring substituents is 1. The van der Waals surface area contributed by atoms with Crippen LogP contribution in [0.4, 0.5) is 5.69 Å². The van der Waals surface area contributed by atoms with Gasteiger partial charge in [-0.25, -0.2) is 0 Å². The number of hydrogen-bond donors (Lipinski definition) is 0. The lowest BCUT2D eigenvalue weighted by molar-refractivity contribution is -0.384. The van der Waals surface area contributed by atoms with E-state index in [9.17, 15) is 14.9 Å². The molecule has 0 spiro atoms. The van der Waals surface area contributed by atoms with E-state index in [1.165, 1.54) is 25.1 Å². The normalized spacial score (nSPS) is 10.5. The van der Waals surface area contributed by atoms with E-state index < -0.39 is 4.92 Å². The molecule has 0 bridgehead atoms. The Bertz CT molecular complexity index is 440. The Hall–Kier alpha value is -1.49. The van der Waals surface area contributed by atoms with E-state index in [1.807, 2.05) is 0 Å². The molecule has 1 aromatic carbocycles. The number of carbonyl (C=O) groups excluding carboxylic acids is 1. The van der Waals surface area contributed by atoms with Crippen molar-refractivity contribution in [2.75, 3.05) is 0 Å². The molecule has 0 N–H and O–H groups in total. The lowest BCUT2D eigenvalue weighted by Gasteiger charge is -1.97. The van der Waals surface area contributed by atoms with Crippen LogP contribution >= 0.6 is 15.9 Å². The van der Waals surface area contributed by atoms with Crippen molar-refractivity contribution in [3.8, 4) is 0 Å². The number of halogens is 1. The molecule has 0 fully saturated rings. The van der Waals surface area contributed by atoms with Crippen LogP contribution < -0.4 is 0 Å². The summed E-state index contributed by atoms with van der Waals surface area (Å²) >= 11 is 3.20. The van der Waals surface area contributed by atoms with Crippen LogP contribution in [0.25, 0.3) is 6.08 Å². The maximum absolute atomic E-state index is 10.7. The number of nitro groups is 1. The molecule has 0 aliphatic rings. The molecule has 0 saturated heterocycles. The molecule has 0 radical (unpaired) electrons. The number of benzene rings is 1. The summed E-state index contributed by atoms with van der Waals surface area (Å²) in [4.78, 5) is 20.7. The third-order valence-electron chi connectivity index (χ3n) is 1.69. The summed E-state index contributed by atoms with van der Waals surface area (Å²) in [6, 6.07) is 4.38. The highest BCUT2D eigenvalue weighted by molar-refractivity contribution is 9.10. The van der Waals surface area contributed by atoms with Gasteiger partial charge >= 0.3 is 0 Å². The summed E-state index contributed by atoms with van der Waals surface area (Å²) in [5, 5.41) is 10.4. The van der Waals surface area contributed by atoms with E-state index in [4.69, 9.17) is 0 Å². The average molecular weight is 270 g/mol. The second-order valence-electron chi connectivity index (χ2n) is 2.91. The monoisotopic (exact) mass is 269 g/mol. The molecular formula is C10H8BrNO3. The van der Waals surface area contributed by atoms with Crippen molar-refractivity contribution in [3.63, 3.8) is 0 Å². The SMILES string of the molecule is CC(=O)/C=C/c1ccc([N+](=O)[O-])cc1Br. The topological polar surface area (TPSA) is 60.2 Å². The van der Waals surface area contributed by atoms with Crippen LogP contribution in [0.5, 0.6) is 0 Å². The van der Waals surface area contributed by atoms with Gasteiger partial charge in [-0.3, -0.25) is 14.9 Å². The first kappa shape index (κ1) is 11.6. The van der Waals surface area contributed by atoms with Crippen molar-refractivity contribution in [2.24, 2.45) is 0 Å². The summed E-state index contributed by atoms with van der Waals surface area (Å²) in [7, 11) is 0. The largest absolute Gasteiger partial charge is 0.295 e. The first-order chi connectivity index (χ1) is 7.00. The van der Waals surface area contributed by atoms with Gasteiger partial charge in [-0.15, -0.1) is 0 Å². The van der Waals surface area contributed by atoms with Gasteiger partial charge in [-0.1, -0.05) is 6.08 Å². The highest BCUT2D eigenvalue weighted by Crippen LogP contribution is 2.23. The molecule has 15 heavy (non-hydrogen) atoms. The van der Waals surface area contributed by atoms with Crippen LogP contribution in [-0.2, 0) is 4.79 Å². The van der Waals surface area contributed by atoms with Crippen LogP contribution in [-0.4, -0.2) is 10.7 Å². The van der Waals surface area contributed by atoms with Gasteiger partial charge in [0.2, 0.25) is 0 Å². The summed E-state index contributed by atoms with van der Waals surface area (Å²) in [6.45, 7) is 1.44. The van der Waals surface area contributed by atoms with Gasteiger partial charge in [-0.05, 0) is 40.6 Å². The second kappa shape index (κ2) is 4.84. The molecule has 5 heteroatoms. The highest BCUT2D eigenvalue weighted by atomic mass is 79.9. The number of hydrogen-bond acceptors (Lipinski definition) is 3. The van der Waals surface area contributed by atoms with E-state index in [0.717, 1.165) is 5.56 Å². The molecule has 0 heterocycles. The van der Waals surface area contributed by atoms with Crippen molar-refractivity contribution >= 4 is 33.5 Å². The Morgan fingerprint density at radius 1 is 1.53 bits per heavy atom. The van der Waals surface area contributed by atoms with Crippen molar-refractivity contribution in [3.05, 3.63) is 44.4 Å². The van der Waals surface area contributed by atoms with Gasteiger partial charge in [-0.2, -0.15) is 0 Å². The van der Waals surface area contributed by atoms with Crippen LogP contribution in [0.2, 0.25) is 0 Å². The zero-order valence-electron chi connectivity index (χ0n) is 7.94. The first-order valence-corrected chi connectivity index (χ1v) is 4.92. The van der Waals surface area contributed by atoms with Crippen molar-refractivity contribution in [2.45, 2.75) is 6.92 Å². The Morgan fingerprint density at radius 2 is 2.20 bits per heavy atom. The number of carbonyl (C=O) groups is 1. The lowest BCUT2D eigenvalue weighted by atomic mass is 10.2. The summed E-state index contributed by atoms with van der Waals surface area (Å²) in [5.41, 5.74) is 0.748. The van der Waals surface area contributed by atoms with Crippen molar-refractivity contribution in [1.29, 1.82) is 0 Å². The number of ketones is 1. The maximum atomic E-state index is 10.7. The van der Waals surface area contributed by atoms with E-state index in [2.05, 4.69) is 15.9 Å². The predicted octanol–water partition coefficient (Wildman–Crippen LogP) is 2.96. The Balaban J connectivity index is 3.03. The summed E-state index contributed by atoms with van der Waals surface area (Å²) in [5.74, 6) is -0.0692. The fourth-order valence-electron chi connectivity index (χ4n) is 0.972. The van der Waals surface area contributed by atoms with E-state index in [1.54, 1.807) is 12.1 Å². The van der Waals surface area contributed by atoms with Gasteiger partial charge < -0.3 is 0 Å². The predicted molar refractivity (Wildman–Crippen MR) is 60.5 cm³/mol. The minimum atomic E-state index is -0.469. The average Bonchev–Trinajstić information content (AvgIpc) is 2.15. The number of allylic oxidation sites excluding steroid dienone is 1. The minimum Gasteiger partial charge on any atom is -0.295 e. The number of nitrogens with zero attached hydrogens (tertiary/aromatic N) is 1. The molecule has 4 nitrogen and oxygen atoms in total. The van der Waals surface area contributed by atoms with Crippen molar-refractivity contribution < 1.29 is 9.72 Å². The van der Waals surface area contributed by atoms with Crippen molar-refractivity contribution in [1.82, 2.24) is 0 Å². The zero-order chi connectivity index (χ0) is 11.4. The van der Waals surface area contributed by atoms with Gasteiger partial charge in [0.05, 0.1) is 4.92 Å². The van der Waals surface area contributed by atoms with Crippen LogP contribution in [0.1, 0.15) is 12.5 Å². The Morgan fingerprint density at radius 3 is 2.67 bits per heavy atom. The minimum absolute atomic E-state index is 0.0156. The van der Waals surface area contributed by atoms with E-state index in [0.29, 0.717) is 4.47 Å². The molecule has 1 rings (SSSR count). The maximum Gasteiger partial charge on any atom is 0.270 e. The Kier molecular flexibility index (Phi) is 3.74. The lowest BCUT2D eigenvalue weighted by Crippen LogP contribution is -1.88. The Labute approximate surface area is 94.9 Å². The fraction of sp³-hybridized carbons (Fsp3) is 0.100. The molecule has 0 aliphatic carbocycles. The molecule has 0 atom stereocenters. The smallest absolute Gasteiger partial charge is 0.270 e. The number of non-ortho nitro benzene ring substituents is 1. The zero-order valence-corrected chi connectivity index (χ0v) is 9.52. The molecule has 0 amide bonds. The number of rotatable bonds is 3. The van der Waals surface area contributed by atoms with Gasteiger partial charge in [0, 0.05) is 16.6 Å². The van der Waals surface area contributed by atoms with Gasteiger partial charge in [0.25, 0.3) is 5.69 Å². The second-order valence-corrected chi connectivity index (χ2v) is 3.76. The quantitative estimate of drug-likeness (QED) is 0.482. The summed E-state index contributed by atoms with van der Waals surface area (Å²) in [6.07, 6.45) is 3.02. The fourth-order valence-corrected chi connectivity index (χ4v) is 1.47. The van der Waals surface area contributed by atoms with Gasteiger partial charge in [0.15, 0.2) is 5.78 Å². The molecular weight excluding hydrogens is 262 g/mol. The van der Waals surface area contributed by atoms with Gasteiger partial charge in [0.1, 0.15) is 0 Å². The van der Waals surface area contributed by atoms with Crippen LogP contribution in [0.15, 0.2) is 28.7 Å². The third kappa shape index (κ3) is 3.28. The molecule has 1 aromatic rings. The molecule has 0 saturated carbocycles. The first-order valence-electron chi connectivity index (χ1n) is 4.13. The van der Waals surface area contributed by atoms with E-state index >= 15 is 0 Å². The molecule has 0 aliphatic heterocycles. The highest BCUT2D eigenvalue weighted by Gasteiger charge is 2.07. The molecule has 78 valence electrons. The van der Waals surface area contributed by atoms with Crippen LogP contribution in [0, 0.1) is 10.1 Å². The third-order valence-corrected chi connectivity index (χ3v) is 2.38. The van der Waals surface area contributed by atoms with Crippen LogP contribution in [0.3, 0.4) is 0 Å². The standard InChI is InChI=1S/C10H8BrNO3/c1-7(13)2-3-8-4-5-9(12(14)15)6-10(8)11/h2-6H,1H3/b3-2+. The molecule has 0 unspecified atom stereocenters. The molecule has 0 aromatic heterocycles. The summed E-state index contributed by atoms with van der Waals surface area (Å²) < 4.78 is 0.592.